The fourth-order valence-electron chi connectivity index (χ4n) is 1.03. The van der Waals surface area contributed by atoms with Gasteiger partial charge in [0.2, 0.25) is 0 Å². The molecule has 0 aliphatic rings. The van der Waals surface area contributed by atoms with Crippen LogP contribution in [0.15, 0.2) is 54.9 Å². The lowest BCUT2D eigenvalue weighted by Gasteiger charge is -1.88. The number of pyridine rings is 1. The van der Waals surface area contributed by atoms with E-state index in [2.05, 4.69) is 4.98 Å². The number of hydrogen-bond acceptors (Lipinski definition) is 2. The van der Waals surface area contributed by atoms with Crippen LogP contribution >= 0.6 is 0 Å². The van der Waals surface area contributed by atoms with Gasteiger partial charge in [0, 0.05) is 12.4 Å². The van der Waals surface area contributed by atoms with Crippen molar-refractivity contribution in [1.29, 1.82) is 0 Å². The van der Waals surface area contributed by atoms with E-state index in [0.29, 0.717) is 5.56 Å². The van der Waals surface area contributed by atoms with Gasteiger partial charge in [0.25, 0.3) is 0 Å². The van der Waals surface area contributed by atoms with E-state index >= 15 is 0 Å². The summed E-state index contributed by atoms with van der Waals surface area (Å²) >= 11 is 0. The van der Waals surface area contributed by atoms with Gasteiger partial charge in [-0.3, -0.25) is 4.98 Å². The van der Waals surface area contributed by atoms with Crippen LogP contribution in [0.3, 0.4) is 0 Å². The van der Waals surface area contributed by atoms with Crippen molar-refractivity contribution in [2.24, 2.45) is 0 Å². The Balaban J connectivity index is 0.000000165. The van der Waals surface area contributed by atoms with Gasteiger partial charge in [-0.05, 0) is 30.7 Å². The Bertz CT molecular complexity index is 426. The first-order valence-corrected chi connectivity index (χ1v) is 4.85. The van der Waals surface area contributed by atoms with E-state index in [9.17, 15) is 4.79 Å². The van der Waals surface area contributed by atoms with Crippen LogP contribution in [0.4, 0.5) is 0 Å². The van der Waals surface area contributed by atoms with Gasteiger partial charge in [-0.25, -0.2) is 4.79 Å². The first-order valence-electron chi connectivity index (χ1n) is 4.85. The zero-order valence-electron chi connectivity index (χ0n) is 9.00. The zero-order chi connectivity index (χ0) is 11.8. The van der Waals surface area contributed by atoms with E-state index in [-0.39, 0.29) is 0 Å². The number of carbonyl (C=O) groups is 1. The van der Waals surface area contributed by atoms with E-state index in [0.717, 1.165) is 0 Å². The largest absolute Gasteiger partial charge is 0.478 e. The number of carboxylic acid groups (broad SMARTS) is 1. The third-order valence-corrected chi connectivity index (χ3v) is 1.83. The number of aromatic nitrogens is 1. The third-order valence-electron chi connectivity index (χ3n) is 1.83. The lowest BCUT2D eigenvalue weighted by molar-refractivity contribution is 0.0697. The Hall–Kier alpha value is -2.16. The van der Waals surface area contributed by atoms with E-state index in [1.165, 1.54) is 5.56 Å². The molecule has 1 aromatic heterocycles. The van der Waals surface area contributed by atoms with Gasteiger partial charge in [-0.15, -0.1) is 0 Å². The Morgan fingerprint density at radius 1 is 1.12 bits per heavy atom. The molecule has 0 aliphatic carbocycles. The van der Waals surface area contributed by atoms with Crippen LogP contribution in [0, 0.1) is 6.92 Å². The maximum absolute atomic E-state index is 10.2. The SMILES string of the molecule is Cc1cccnc1.O=C(O)c1ccccc1. The minimum absolute atomic E-state index is 0.331. The summed E-state index contributed by atoms with van der Waals surface area (Å²) < 4.78 is 0. The maximum Gasteiger partial charge on any atom is 0.335 e. The maximum atomic E-state index is 10.2. The summed E-state index contributed by atoms with van der Waals surface area (Å²) in [6.45, 7) is 2.02. The topological polar surface area (TPSA) is 50.2 Å². The summed E-state index contributed by atoms with van der Waals surface area (Å²) in [5.74, 6) is -0.879. The highest BCUT2D eigenvalue weighted by Gasteiger charge is 1.96. The molecule has 0 saturated heterocycles. The predicted octanol–water partition coefficient (Wildman–Crippen LogP) is 2.77. The molecule has 0 unspecified atom stereocenters. The minimum atomic E-state index is -0.879. The lowest BCUT2D eigenvalue weighted by atomic mass is 10.2. The Labute approximate surface area is 94.4 Å². The molecule has 0 amide bonds. The molecule has 0 aliphatic heterocycles. The summed E-state index contributed by atoms with van der Waals surface area (Å²) in [6.07, 6.45) is 3.60. The number of carboxylic acids is 1. The molecule has 0 spiro atoms. The molecule has 1 N–H and O–H groups in total. The zero-order valence-corrected chi connectivity index (χ0v) is 9.00. The van der Waals surface area contributed by atoms with Gasteiger partial charge in [0.15, 0.2) is 0 Å². The monoisotopic (exact) mass is 215 g/mol. The van der Waals surface area contributed by atoms with Crippen molar-refractivity contribution >= 4 is 5.97 Å². The van der Waals surface area contributed by atoms with Gasteiger partial charge < -0.3 is 5.11 Å². The Morgan fingerprint density at radius 2 is 1.81 bits per heavy atom. The quantitative estimate of drug-likeness (QED) is 0.795. The Kier molecular flexibility index (Phi) is 4.73. The number of aromatic carboxylic acids is 1. The first kappa shape index (κ1) is 11.9. The fourth-order valence-corrected chi connectivity index (χ4v) is 1.03. The van der Waals surface area contributed by atoms with Crippen LogP contribution in [0.25, 0.3) is 0 Å². The molecule has 0 bridgehead atoms. The van der Waals surface area contributed by atoms with Crippen molar-refractivity contribution in [2.45, 2.75) is 6.92 Å². The van der Waals surface area contributed by atoms with Crippen molar-refractivity contribution in [3.63, 3.8) is 0 Å². The minimum Gasteiger partial charge on any atom is -0.478 e. The average molecular weight is 215 g/mol. The van der Waals surface area contributed by atoms with E-state index < -0.39 is 5.97 Å². The van der Waals surface area contributed by atoms with Crippen LogP contribution in [0.5, 0.6) is 0 Å². The lowest BCUT2D eigenvalue weighted by Crippen LogP contribution is -1.93. The van der Waals surface area contributed by atoms with Crippen LogP contribution in [-0.4, -0.2) is 16.1 Å². The average Bonchev–Trinajstić information content (AvgIpc) is 2.32. The molecule has 2 aromatic rings. The fraction of sp³-hybridized carbons (Fsp3) is 0.0769. The molecule has 0 atom stereocenters. The molecule has 0 fully saturated rings. The number of rotatable bonds is 1. The van der Waals surface area contributed by atoms with Crippen molar-refractivity contribution in [1.82, 2.24) is 4.98 Å². The molecule has 3 heteroatoms. The normalized spacial score (nSPS) is 8.81. The predicted molar refractivity (Wildman–Crippen MR) is 62.4 cm³/mol. The smallest absolute Gasteiger partial charge is 0.335 e. The first-order chi connectivity index (χ1) is 7.70. The van der Waals surface area contributed by atoms with Crippen LogP contribution in [0.2, 0.25) is 0 Å². The summed E-state index contributed by atoms with van der Waals surface area (Å²) in [4.78, 5) is 14.1. The summed E-state index contributed by atoms with van der Waals surface area (Å²) in [7, 11) is 0. The van der Waals surface area contributed by atoms with Gasteiger partial charge in [-0.1, -0.05) is 24.3 Å². The molecule has 2 rings (SSSR count). The van der Waals surface area contributed by atoms with E-state index in [4.69, 9.17) is 5.11 Å². The molecule has 1 aromatic carbocycles. The van der Waals surface area contributed by atoms with E-state index in [1.54, 1.807) is 36.5 Å². The molecule has 3 nitrogen and oxygen atoms in total. The van der Waals surface area contributed by atoms with Crippen LogP contribution in [0.1, 0.15) is 15.9 Å². The summed E-state index contributed by atoms with van der Waals surface area (Å²) in [5, 5.41) is 8.38. The van der Waals surface area contributed by atoms with E-state index in [1.807, 2.05) is 25.3 Å². The van der Waals surface area contributed by atoms with Gasteiger partial charge in [-0.2, -0.15) is 0 Å². The second-order valence-corrected chi connectivity index (χ2v) is 3.20. The second-order valence-electron chi connectivity index (χ2n) is 3.20. The van der Waals surface area contributed by atoms with Crippen LogP contribution < -0.4 is 0 Å². The molecule has 16 heavy (non-hydrogen) atoms. The number of nitrogens with zero attached hydrogens (tertiary/aromatic N) is 1. The summed E-state index contributed by atoms with van der Waals surface area (Å²) in [5.41, 5.74) is 1.54. The van der Waals surface area contributed by atoms with Crippen LogP contribution in [-0.2, 0) is 0 Å². The number of benzene rings is 1. The summed E-state index contributed by atoms with van der Waals surface area (Å²) in [6, 6.07) is 12.2. The molecule has 82 valence electrons. The van der Waals surface area contributed by atoms with Gasteiger partial charge in [0.05, 0.1) is 5.56 Å². The molecule has 0 saturated carbocycles. The Morgan fingerprint density at radius 3 is 2.12 bits per heavy atom. The standard InChI is InChI=1S/C7H6O2.C6H7N/c8-7(9)6-4-2-1-3-5-6;1-6-3-2-4-7-5-6/h1-5H,(H,8,9);2-5H,1H3. The highest BCUT2D eigenvalue weighted by Crippen LogP contribution is 1.96. The highest BCUT2D eigenvalue weighted by atomic mass is 16.4. The van der Waals surface area contributed by atoms with Crippen molar-refractivity contribution in [2.75, 3.05) is 0 Å². The van der Waals surface area contributed by atoms with Crippen molar-refractivity contribution < 1.29 is 9.90 Å². The molecule has 1 heterocycles. The third kappa shape index (κ3) is 4.37. The van der Waals surface area contributed by atoms with Crippen molar-refractivity contribution in [3.05, 3.63) is 66.0 Å². The molecular weight excluding hydrogens is 202 g/mol. The second kappa shape index (κ2) is 6.35. The molecule has 0 radical (unpaired) electrons. The van der Waals surface area contributed by atoms with Gasteiger partial charge in [0.1, 0.15) is 0 Å². The van der Waals surface area contributed by atoms with Gasteiger partial charge >= 0.3 is 5.97 Å². The van der Waals surface area contributed by atoms with Crippen molar-refractivity contribution in [3.8, 4) is 0 Å². The highest BCUT2D eigenvalue weighted by molar-refractivity contribution is 5.87. The molecular formula is C13H13NO2. The number of aryl methyl sites for hydroxylation is 1. The number of hydrogen-bond donors (Lipinski definition) is 1.